The summed E-state index contributed by atoms with van der Waals surface area (Å²) < 4.78 is 61.1. The highest BCUT2D eigenvalue weighted by molar-refractivity contribution is 7.89. The minimum absolute atomic E-state index is 0.125. The van der Waals surface area contributed by atoms with Gasteiger partial charge in [-0.1, -0.05) is 45.0 Å². The van der Waals surface area contributed by atoms with Crippen molar-refractivity contribution in [2.75, 3.05) is 14.2 Å². The molecule has 0 saturated heterocycles. The topological polar surface area (TPSA) is 90.9 Å². The number of hydrogen-bond acceptors (Lipinski definition) is 7. The number of methoxy groups -OCH3 is 2. The quantitative estimate of drug-likeness (QED) is 0.235. The average Bonchev–Trinajstić information content (AvgIpc) is 2.91. The third-order valence-electron chi connectivity index (χ3n) is 7.41. The maximum Gasteiger partial charge on any atom is 0.220 e. The molecule has 0 unspecified atom stereocenters. The Kier molecular flexibility index (Phi) is 10.1. The fourth-order valence-corrected chi connectivity index (χ4v) is 6.83. The zero-order valence-corrected chi connectivity index (χ0v) is 26.3. The van der Waals surface area contributed by atoms with Gasteiger partial charge in [0.2, 0.25) is 10.0 Å². The van der Waals surface area contributed by atoms with Crippen LogP contribution in [0.15, 0.2) is 60.9 Å². The molecule has 40 heavy (non-hydrogen) atoms. The van der Waals surface area contributed by atoms with E-state index in [4.69, 9.17) is 13.9 Å². The minimum Gasteiger partial charge on any atom is -0.497 e. The van der Waals surface area contributed by atoms with Gasteiger partial charge in [-0.2, -0.15) is 4.31 Å². The maximum atomic E-state index is 14.4. The van der Waals surface area contributed by atoms with Crippen molar-refractivity contribution < 1.29 is 26.7 Å². The third kappa shape index (κ3) is 7.65. The van der Waals surface area contributed by atoms with Crippen LogP contribution in [0.5, 0.6) is 11.5 Å². The second-order valence-corrected chi connectivity index (χ2v) is 18.3. The molecule has 0 radical (unpaired) electrons. The van der Waals surface area contributed by atoms with E-state index >= 15 is 0 Å². The first-order valence-corrected chi connectivity index (χ1v) is 17.5. The van der Waals surface area contributed by atoms with E-state index < -0.39 is 35.5 Å². The van der Waals surface area contributed by atoms with Crippen molar-refractivity contribution in [1.82, 2.24) is 14.3 Å². The second kappa shape index (κ2) is 12.8. The highest BCUT2D eigenvalue weighted by atomic mass is 32.2. The molecule has 0 N–H and O–H groups in total. The molecule has 2 aromatic carbocycles. The van der Waals surface area contributed by atoms with Crippen molar-refractivity contribution in [2.24, 2.45) is 0 Å². The smallest absolute Gasteiger partial charge is 0.220 e. The number of sulfonamides is 1. The minimum atomic E-state index is -4.01. The fraction of sp³-hybridized carbons (Fsp3) is 0.448. The van der Waals surface area contributed by atoms with Crippen molar-refractivity contribution in [3.63, 3.8) is 0 Å². The predicted molar refractivity (Wildman–Crippen MR) is 157 cm³/mol. The van der Waals surface area contributed by atoms with Gasteiger partial charge in [0.05, 0.1) is 26.6 Å². The summed E-state index contributed by atoms with van der Waals surface area (Å²) >= 11 is 0. The lowest BCUT2D eigenvalue weighted by atomic mass is 10.2. The molecular formula is C29H40FN3O5SSi. The van der Waals surface area contributed by atoms with Crippen molar-refractivity contribution in [3.8, 4) is 11.5 Å². The van der Waals surface area contributed by atoms with Crippen LogP contribution in [0.4, 0.5) is 4.39 Å². The number of aromatic nitrogens is 2. The van der Waals surface area contributed by atoms with E-state index in [1.807, 2.05) is 37.4 Å². The Morgan fingerprint density at radius 1 is 0.875 bits per heavy atom. The first-order chi connectivity index (χ1) is 18.7. The summed E-state index contributed by atoms with van der Waals surface area (Å²) in [6.45, 7) is 12.1. The summed E-state index contributed by atoms with van der Waals surface area (Å²) in [5.74, 6) is 0.887. The van der Waals surface area contributed by atoms with Crippen LogP contribution < -0.4 is 9.47 Å². The molecule has 0 amide bonds. The number of rotatable bonds is 12. The monoisotopic (exact) mass is 589 g/mol. The Labute approximate surface area is 238 Å². The van der Waals surface area contributed by atoms with Crippen LogP contribution in [-0.4, -0.2) is 50.5 Å². The summed E-state index contributed by atoms with van der Waals surface area (Å²) in [6, 6.07) is 14.6. The Balaban J connectivity index is 2.05. The number of ether oxygens (including phenoxy) is 2. The summed E-state index contributed by atoms with van der Waals surface area (Å²) in [5, 5.41) is -1.27. The fourth-order valence-electron chi connectivity index (χ4n) is 3.82. The molecule has 1 heterocycles. The van der Waals surface area contributed by atoms with Crippen molar-refractivity contribution >= 4 is 18.3 Å². The van der Waals surface area contributed by atoms with E-state index in [1.54, 1.807) is 45.4 Å². The molecule has 11 heteroatoms. The molecule has 3 rings (SSSR count). The molecule has 0 aliphatic carbocycles. The molecule has 0 saturated carbocycles. The zero-order valence-electron chi connectivity index (χ0n) is 24.5. The Morgan fingerprint density at radius 2 is 1.30 bits per heavy atom. The van der Waals surface area contributed by atoms with Crippen LogP contribution in [0, 0.1) is 5.82 Å². The lowest BCUT2D eigenvalue weighted by molar-refractivity contribution is 0.168. The molecule has 0 aliphatic heterocycles. The number of benzene rings is 2. The van der Waals surface area contributed by atoms with E-state index in [2.05, 4.69) is 30.7 Å². The molecule has 218 valence electrons. The number of halogens is 1. The molecule has 1 aromatic heterocycles. The van der Waals surface area contributed by atoms with Gasteiger partial charge in [-0.15, -0.1) is 0 Å². The molecule has 2 atom stereocenters. The molecule has 0 fully saturated rings. The molecular weight excluding hydrogens is 549 g/mol. The summed E-state index contributed by atoms with van der Waals surface area (Å²) in [5.41, 5.74) is 1.59. The van der Waals surface area contributed by atoms with E-state index in [9.17, 15) is 12.8 Å². The predicted octanol–water partition coefficient (Wildman–Crippen LogP) is 6.12. The van der Waals surface area contributed by atoms with Gasteiger partial charge in [0.15, 0.2) is 20.0 Å². The van der Waals surface area contributed by atoms with Gasteiger partial charge >= 0.3 is 0 Å². The Morgan fingerprint density at radius 3 is 1.68 bits per heavy atom. The van der Waals surface area contributed by atoms with E-state index in [-0.39, 0.29) is 24.0 Å². The van der Waals surface area contributed by atoms with Gasteiger partial charge in [-0.3, -0.25) is 0 Å². The molecule has 3 aromatic rings. The number of hydrogen-bond donors (Lipinski definition) is 0. The summed E-state index contributed by atoms with van der Waals surface area (Å²) in [4.78, 5) is 8.29. The average molecular weight is 590 g/mol. The lowest BCUT2D eigenvalue weighted by Crippen LogP contribution is -2.47. The normalized spacial score (nSPS) is 14.2. The van der Waals surface area contributed by atoms with Crippen LogP contribution >= 0.6 is 0 Å². The molecule has 0 aliphatic rings. The molecule has 0 bridgehead atoms. The van der Waals surface area contributed by atoms with E-state index in [0.717, 1.165) is 23.5 Å². The lowest BCUT2D eigenvalue weighted by Gasteiger charge is -2.40. The second-order valence-electron chi connectivity index (χ2n) is 11.3. The molecule has 0 spiro atoms. The van der Waals surface area contributed by atoms with Crippen molar-refractivity contribution in [1.29, 1.82) is 0 Å². The summed E-state index contributed by atoms with van der Waals surface area (Å²) in [7, 11) is -3.34. The van der Waals surface area contributed by atoms with Crippen molar-refractivity contribution in [2.45, 2.75) is 70.3 Å². The zero-order chi connectivity index (χ0) is 29.7. The van der Waals surface area contributed by atoms with Crippen LogP contribution in [0.1, 0.15) is 50.8 Å². The first kappa shape index (κ1) is 31.7. The van der Waals surface area contributed by atoms with Gasteiger partial charge in [0.25, 0.3) is 0 Å². The van der Waals surface area contributed by atoms with E-state index in [1.165, 1.54) is 4.31 Å². The van der Waals surface area contributed by atoms with Gasteiger partial charge in [-0.05, 0) is 60.4 Å². The van der Waals surface area contributed by atoms with Crippen LogP contribution in [0.3, 0.4) is 0 Å². The van der Waals surface area contributed by atoms with Crippen LogP contribution in [0.2, 0.25) is 18.1 Å². The largest absolute Gasteiger partial charge is 0.497 e. The highest BCUT2D eigenvalue weighted by Gasteiger charge is 2.45. The SMILES string of the molecule is COc1ccc(CN(Cc2ccc(OC)cc2)S(=O)(=O)[C@@H](C)[C@H](O[Si](C)(C)C(C)(C)C)c2ncc(F)cn2)cc1. The maximum absolute atomic E-state index is 14.4. The highest BCUT2D eigenvalue weighted by Crippen LogP contribution is 2.41. The standard InChI is InChI=1S/C29H40FN3O5SSi/c1-21(27(28-31-17-24(30)18-32-28)38-40(7,8)29(2,3)4)39(34,35)33(19-22-9-13-25(36-5)14-10-22)20-23-11-15-26(37-6)16-12-23/h9-18,21,27H,19-20H2,1-8H3/t21-,27-/m0/s1. The molecule has 8 nitrogen and oxygen atoms in total. The van der Waals surface area contributed by atoms with E-state index in [0.29, 0.717) is 11.5 Å². The number of nitrogens with zero attached hydrogens (tertiary/aromatic N) is 3. The van der Waals surface area contributed by atoms with Gasteiger partial charge < -0.3 is 13.9 Å². The van der Waals surface area contributed by atoms with Gasteiger partial charge in [0, 0.05) is 13.1 Å². The Bertz CT molecular complexity index is 1300. The Hall–Kier alpha value is -2.86. The van der Waals surface area contributed by atoms with Crippen LogP contribution in [0.25, 0.3) is 0 Å². The summed E-state index contributed by atoms with van der Waals surface area (Å²) in [6.07, 6.45) is 1.08. The van der Waals surface area contributed by atoms with Crippen LogP contribution in [-0.2, 0) is 27.5 Å². The van der Waals surface area contributed by atoms with Crippen molar-refractivity contribution in [3.05, 3.63) is 83.7 Å². The first-order valence-electron chi connectivity index (χ1n) is 13.1. The van der Waals surface area contributed by atoms with Gasteiger partial charge in [0.1, 0.15) is 22.9 Å². The third-order valence-corrected chi connectivity index (χ3v) is 14.0. The van der Waals surface area contributed by atoms with Gasteiger partial charge in [-0.25, -0.2) is 22.8 Å².